The minimum absolute atomic E-state index is 0.219. The molecular formula is C17H25N3O2. The SMILES string of the molecule is CCNC(=NCCC(=O)OC)N1CCC(c2ccccc2)C1. The summed E-state index contributed by atoms with van der Waals surface area (Å²) in [4.78, 5) is 18.0. The van der Waals surface area contributed by atoms with Gasteiger partial charge in [0.15, 0.2) is 5.96 Å². The molecule has 0 aliphatic carbocycles. The predicted octanol–water partition coefficient (Wildman–Crippen LogP) is 2.00. The molecule has 1 aromatic rings. The van der Waals surface area contributed by atoms with E-state index in [9.17, 15) is 4.79 Å². The number of nitrogens with zero attached hydrogens (tertiary/aromatic N) is 2. The average Bonchev–Trinajstić information content (AvgIpc) is 3.04. The molecule has 0 radical (unpaired) electrons. The molecule has 1 aliphatic rings. The summed E-state index contributed by atoms with van der Waals surface area (Å²) in [7, 11) is 1.40. The second-order valence-electron chi connectivity index (χ2n) is 5.40. The van der Waals surface area contributed by atoms with E-state index < -0.39 is 0 Å². The highest BCUT2D eigenvalue weighted by Gasteiger charge is 2.25. The smallest absolute Gasteiger partial charge is 0.307 e. The molecule has 0 bridgehead atoms. The Bertz CT molecular complexity index is 502. The second-order valence-corrected chi connectivity index (χ2v) is 5.40. The van der Waals surface area contributed by atoms with Gasteiger partial charge in [0.2, 0.25) is 0 Å². The van der Waals surface area contributed by atoms with Crippen molar-refractivity contribution in [2.75, 3.05) is 33.3 Å². The number of aliphatic imine (C=N–C) groups is 1. The first-order chi connectivity index (χ1) is 10.7. The molecule has 1 saturated heterocycles. The van der Waals surface area contributed by atoms with E-state index in [1.165, 1.54) is 12.7 Å². The van der Waals surface area contributed by atoms with Gasteiger partial charge in [-0.15, -0.1) is 0 Å². The Morgan fingerprint density at radius 3 is 2.86 bits per heavy atom. The molecule has 1 aromatic carbocycles. The summed E-state index contributed by atoms with van der Waals surface area (Å²) in [6.45, 7) is 5.29. The third-order valence-electron chi connectivity index (χ3n) is 3.90. The van der Waals surface area contributed by atoms with Crippen LogP contribution in [0.2, 0.25) is 0 Å². The van der Waals surface area contributed by atoms with Gasteiger partial charge in [0.1, 0.15) is 0 Å². The number of likely N-dealkylation sites (tertiary alicyclic amines) is 1. The number of nitrogens with one attached hydrogen (secondary N) is 1. The van der Waals surface area contributed by atoms with Crippen molar-refractivity contribution in [3.05, 3.63) is 35.9 Å². The first-order valence-electron chi connectivity index (χ1n) is 7.89. The monoisotopic (exact) mass is 303 g/mol. The zero-order valence-corrected chi connectivity index (χ0v) is 13.4. The van der Waals surface area contributed by atoms with Gasteiger partial charge in [-0.3, -0.25) is 9.79 Å². The van der Waals surface area contributed by atoms with Crippen molar-refractivity contribution in [1.29, 1.82) is 0 Å². The second kappa shape index (κ2) is 8.41. The van der Waals surface area contributed by atoms with E-state index in [4.69, 9.17) is 0 Å². The molecule has 2 rings (SSSR count). The Hall–Kier alpha value is -2.04. The highest BCUT2D eigenvalue weighted by Crippen LogP contribution is 2.26. The van der Waals surface area contributed by atoms with Gasteiger partial charge in [-0.2, -0.15) is 0 Å². The summed E-state index contributed by atoms with van der Waals surface area (Å²) in [5.74, 6) is 1.22. The largest absolute Gasteiger partial charge is 0.469 e. The minimum Gasteiger partial charge on any atom is -0.469 e. The van der Waals surface area contributed by atoms with Crippen LogP contribution < -0.4 is 5.32 Å². The van der Waals surface area contributed by atoms with E-state index in [0.29, 0.717) is 18.9 Å². The van der Waals surface area contributed by atoms with Crippen molar-refractivity contribution in [2.45, 2.75) is 25.7 Å². The summed E-state index contributed by atoms with van der Waals surface area (Å²) < 4.78 is 4.65. The molecular weight excluding hydrogens is 278 g/mol. The maximum atomic E-state index is 11.2. The maximum absolute atomic E-state index is 11.2. The standard InChI is InChI=1S/C17H25N3O2/c1-3-18-17(19-11-9-16(21)22-2)20-12-10-15(13-20)14-7-5-4-6-8-14/h4-8,15H,3,9-13H2,1-2H3,(H,18,19). The lowest BCUT2D eigenvalue weighted by atomic mass is 9.99. The number of guanidine groups is 1. The maximum Gasteiger partial charge on any atom is 0.307 e. The fourth-order valence-corrected chi connectivity index (χ4v) is 2.73. The summed E-state index contributed by atoms with van der Waals surface area (Å²) in [5, 5.41) is 3.31. The van der Waals surface area contributed by atoms with Gasteiger partial charge in [0.05, 0.1) is 20.1 Å². The average molecular weight is 303 g/mol. The van der Waals surface area contributed by atoms with Crippen LogP contribution in [-0.2, 0) is 9.53 Å². The summed E-state index contributed by atoms with van der Waals surface area (Å²) in [5.41, 5.74) is 1.38. The molecule has 0 saturated carbocycles. The van der Waals surface area contributed by atoms with Gasteiger partial charge in [-0.1, -0.05) is 30.3 Å². The highest BCUT2D eigenvalue weighted by molar-refractivity contribution is 5.80. The first-order valence-corrected chi connectivity index (χ1v) is 7.89. The number of benzene rings is 1. The number of rotatable bonds is 5. The first kappa shape index (κ1) is 16.3. The lowest BCUT2D eigenvalue weighted by Crippen LogP contribution is -2.40. The Morgan fingerprint density at radius 1 is 1.41 bits per heavy atom. The van der Waals surface area contributed by atoms with E-state index in [0.717, 1.165) is 32.0 Å². The number of hydrogen-bond acceptors (Lipinski definition) is 3. The van der Waals surface area contributed by atoms with Crippen molar-refractivity contribution in [2.24, 2.45) is 4.99 Å². The zero-order chi connectivity index (χ0) is 15.8. The van der Waals surface area contributed by atoms with Crippen LogP contribution >= 0.6 is 0 Å². The molecule has 1 fully saturated rings. The molecule has 5 heteroatoms. The Morgan fingerprint density at radius 2 is 2.18 bits per heavy atom. The lowest BCUT2D eigenvalue weighted by Gasteiger charge is -2.21. The lowest BCUT2D eigenvalue weighted by molar-refractivity contribution is -0.140. The quantitative estimate of drug-likeness (QED) is 0.513. The van der Waals surface area contributed by atoms with E-state index in [1.807, 2.05) is 0 Å². The zero-order valence-electron chi connectivity index (χ0n) is 13.4. The van der Waals surface area contributed by atoms with Gasteiger partial charge in [-0.05, 0) is 18.9 Å². The van der Waals surface area contributed by atoms with Crippen LogP contribution in [0, 0.1) is 0 Å². The molecule has 0 amide bonds. The molecule has 1 heterocycles. The molecule has 22 heavy (non-hydrogen) atoms. The van der Waals surface area contributed by atoms with Crippen LogP contribution in [0.5, 0.6) is 0 Å². The molecule has 1 N–H and O–H groups in total. The van der Waals surface area contributed by atoms with Gasteiger partial charge in [-0.25, -0.2) is 0 Å². The van der Waals surface area contributed by atoms with Crippen LogP contribution in [0.1, 0.15) is 31.2 Å². The molecule has 0 spiro atoms. The fourth-order valence-electron chi connectivity index (χ4n) is 2.73. The molecule has 1 aliphatic heterocycles. The van der Waals surface area contributed by atoms with Crippen molar-refractivity contribution < 1.29 is 9.53 Å². The molecule has 5 nitrogen and oxygen atoms in total. The van der Waals surface area contributed by atoms with Crippen molar-refractivity contribution in [1.82, 2.24) is 10.2 Å². The van der Waals surface area contributed by atoms with Crippen LogP contribution in [0.3, 0.4) is 0 Å². The normalized spacial score (nSPS) is 18.4. The number of carbonyl (C=O) groups is 1. The van der Waals surface area contributed by atoms with Crippen molar-refractivity contribution in [3.63, 3.8) is 0 Å². The number of ether oxygens (including phenoxy) is 1. The summed E-state index contributed by atoms with van der Waals surface area (Å²) >= 11 is 0. The fraction of sp³-hybridized carbons (Fsp3) is 0.529. The Kier molecular flexibility index (Phi) is 6.25. The molecule has 1 unspecified atom stereocenters. The van der Waals surface area contributed by atoms with Gasteiger partial charge < -0.3 is 15.0 Å². The van der Waals surface area contributed by atoms with E-state index >= 15 is 0 Å². The van der Waals surface area contributed by atoms with Gasteiger partial charge in [0, 0.05) is 25.6 Å². The van der Waals surface area contributed by atoms with Crippen LogP contribution in [0.25, 0.3) is 0 Å². The molecule has 120 valence electrons. The third kappa shape index (κ3) is 4.48. The number of esters is 1. The van der Waals surface area contributed by atoms with Crippen LogP contribution in [-0.4, -0.2) is 50.1 Å². The Labute approximate surface area is 132 Å². The molecule has 0 aromatic heterocycles. The van der Waals surface area contributed by atoms with Crippen molar-refractivity contribution >= 4 is 11.9 Å². The highest BCUT2D eigenvalue weighted by atomic mass is 16.5. The minimum atomic E-state index is -0.219. The topological polar surface area (TPSA) is 53.9 Å². The Balaban J connectivity index is 1.95. The summed E-state index contributed by atoms with van der Waals surface area (Å²) in [6.07, 6.45) is 1.45. The molecule has 1 atom stereocenters. The van der Waals surface area contributed by atoms with E-state index in [1.54, 1.807) is 0 Å². The van der Waals surface area contributed by atoms with E-state index in [-0.39, 0.29) is 5.97 Å². The van der Waals surface area contributed by atoms with Crippen LogP contribution in [0.15, 0.2) is 35.3 Å². The predicted molar refractivity (Wildman–Crippen MR) is 88.0 cm³/mol. The van der Waals surface area contributed by atoms with Gasteiger partial charge >= 0.3 is 5.97 Å². The number of methoxy groups -OCH3 is 1. The van der Waals surface area contributed by atoms with E-state index in [2.05, 4.69) is 57.2 Å². The number of carbonyl (C=O) groups excluding carboxylic acids is 1. The summed E-state index contributed by atoms with van der Waals surface area (Å²) in [6, 6.07) is 10.6. The van der Waals surface area contributed by atoms with Gasteiger partial charge in [0.25, 0.3) is 0 Å². The number of hydrogen-bond donors (Lipinski definition) is 1. The third-order valence-corrected chi connectivity index (χ3v) is 3.90. The van der Waals surface area contributed by atoms with Crippen molar-refractivity contribution in [3.8, 4) is 0 Å². The van der Waals surface area contributed by atoms with Crippen LogP contribution in [0.4, 0.5) is 0 Å².